The summed E-state index contributed by atoms with van der Waals surface area (Å²) in [7, 11) is 1.63. The molecule has 0 radical (unpaired) electrons. The van der Waals surface area contributed by atoms with Crippen molar-refractivity contribution in [3.63, 3.8) is 0 Å². The Morgan fingerprint density at radius 2 is 2.35 bits per heavy atom. The highest BCUT2D eigenvalue weighted by Crippen LogP contribution is 2.33. The molecule has 5 heteroatoms. The highest BCUT2D eigenvalue weighted by molar-refractivity contribution is 7.71. The van der Waals surface area contributed by atoms with E-state index < -0.39 is 0 Å². The van der Waals surface area contributed by atoms with Gasteiger partial charge in [0.15, 0.2) is 10.4 Å². The highest BCUT2D eigenvalue weighted by Gasteiger charge is 2.21. The van der Waals surface area contributed by atoms with Gasteiger partial charge < -0.3 is 14.3 Å². The third-order valence-corrected chi connectivity index (χ3v) is 3.58. The summed E-state index contributed by atoms with van der Waals surface area (Å²) in [6.07, 6.45) is 3.93. The molecule has 1 fully saturated rings. The van der Waals surface area contributed by atoms with E-state index >= 15 is 0 Å². The van der Waals surface area contributed by atoms with Gasteiger partial charge in [0, 0.05) is 12.6 Å². The van der Waals surface area contributed by atoms with Gasteiger partial charge in [0.1, 0.15) is 0 Å². The van der Waals surface area contributed by atoms with E-state index in [0.717, 1.165) is 28.4 Å². The SMILES string of the molecule is COc1ccc2[nH]c(=S)n(CCC3CC3)c2n1. The molecule has 2 heterocycles. The van der Waals surface area contributed by atoms with E-state index in [-0.39, 0.29) is 0 Å². The van der Waals surface area contributed by atoms with Gasteiger partial charge in [0.05, 0.1) is 12.6 Å². The standard InChI is InChI=1S/C12H15N3OS/c1-16-10-5-4-9-11(14-10)15(12(17)13-9)7-6-8-2-3-8/h4-5,8H,2-3,6-7H2,1H3,(H,13,17). The number of nitrogens with zero attached hydrogens (tertiary/aromatic N) is 2. The lowest BCUT2D eigenvalue weighted by Crippen LogP contribution is -2.00. The van der Waals surface area contributed by atoms with Crippen molar-refractivity contribution in [3.8, 4) is 5.88 Å². The topological polar surface area (TPSA) is 42.8 Å². The fraction of sp³-hybridized carbons (Fsp3) is 0.500. The van der Waals surface area contributed by atoms with Gasteiger partial charge in [0.25, 0.3) is 0 Å². The van der Waals surface area contributed by atoms with Crippen molar-refractivity contribution < 1.29 is 4.74 Å². The Hall–Kier alpha value is -1.36. The number of imidazole rings is 1. The third kappa shape index (κ3) is 2.07. The largest absolute Gasteiger partial charge is 0.481 e. The van der Waals surface area contributed by atoms with Crippen molar-refractivity contribution in [3.05, 3.63) is 16.9 Å². The first-order valence-corrected chi connectivity index (χ1v) is 6.32. The smallest absolute Gasteiger partial charge is 0.215 e. The second kappa shape index (κ2) is 4.14. The van der Waals surface area contributed by atoms with Crippen LogP contribution in [0.25, 0.3) is 11.2 Å². The van der Waals surface area contributed by atoms with Crippen molar-refractivity contribution in [1.29, 1.82) is 0 Å². The Bertz CT molecular complexity index is 597. The lowest BCUT2D eigenvalue weighted by molar-refractivity contribution is 0.399. The van der Waals surface area contributed by atoms with E-state index in [1.807, 2.05) is 12.1 Å². The molecule has 1 aliphatic carbocycles. The summed E-state index contributed by atoms with van der Waals surface area (Å²) in [5.41, 5.74) is 1.88. The minimum atomic E-state index is 0.631. The first-order chi connectivity index (χ1) is 8.28. The molecule has 1 N–H and O–H groups in total. The van der Waals surface area contributed by atoms with Gasteiger partial charge in [0.2, 0.25) is 5.88 Å². The summed E-state index contributed by atoms with van der Waals surface area (Å²) in [6, 6.07) is 3.81. The molecule has 0 aliphatic heterocycles. The molecule has 0 amide bonds. The van der Waals surface area contributed by atoms with Crippen LogP contribution in [0.4, 0.5) is 0 Å². The van der Waals surface area contributed by atoms with Gasteiger partial charge in [-0.15, -0.1) is 0 Å². The molecule has 4 nitrogen and oxygen atoms in total. The molecule has 2 aromatic heterocycles. The average Bonchev–Trinajstić information content (AvgIpc) is 3.10. The molecule has 0 spiro atoms. The average molecular weight is 249 g/mol. The van der Waals surface area contributed by atoms with E-state index in [1.165, 1.54) is 19.3 Å². The molecule has 0 bridgehead atoms. The summed E-state index contributed by atoms with van der Waals surface area (Å²) < 4.78 is 7.98. The lowest BCUT2D eigenvalue weighted by atomic mass is 10.3. The number of aryl methyl sites for hydroxylation is 1. The molecule has 0 aromatic carbocycles. The highest BCUT2D eigenvalue weighted by atomic mass is 32.1. The van der Waals surface area contributed by atoms with Crippen LogP contribution in [0, 0.1) is 10.7 Å². The zero-order valence-corrected chi connectivity index (χ0v) is 10.6. The number of rotatable bonds is 4. The van der Waals surface area contributed by atoms with Crippen molar-refractivity contribution in [2.75, 3.05) is 7.11 Å². The Balaban J connectivity index is 2.00. The Labute approximate surface area is 105 Å². The van der Waals surface area contributed by atoms with E-state index in [0.29, 0.717) is 5.88 Å². The molecule has 0 unspecified atom stereocenters. The first kappa shape index (κ1) is 10.8. The quantitative estimate of drug-likeness (QED) is 0.847. The second-order valence-corrected chi connectivity index (χ2v) is 4.93. The Morgan fingerprint density at radius 3 is 3.06 bits per heavy atom. The summed E-state index contributed by atoms with van der Waals surface area (Å²) in [5.74, 6) is 1.53. The van der Waals surface area contributed by atoms with E-state index in [1.54, 1.807) is 7.11 Å². The maximum Gasteiger partial charge on any atom is 0.215 e. The van der Waals surface area contributed by atoms with Crippen molar-refractivity contribution in [2.24, 2.45) is 5.92 Å². The number of pyridine rings is 1. The normalized spacial score (nSPS) is 15.4. The number of aromatic nitrogens is 3. The first-order valence-electron chi connectivity index (χ1n) is 5.91. The zero-order chi connectivity index (χ0) is 11.8. The van der Waals surface area contributed by atoms with Crippen molar-refractivity contribution >= 4 is 23.4 Å². The Morgan fingerprint density at radius 1 is 1.53 bits per heavy atom. The van der Waals surface area contributed by atoms with Crippen molar-refractivity contribution in [2.45, 2.75) is 25.8 Å². The molecule has 2 aromatic rings. The van der Waals surface area contributed by atoms with Crippen LogP contribution in [0.2, 0.25) is 0 Å². The summed E-state index contributed by atoms with van der Waals surface area (Å²) in [5, 5.41) is 0. The number of methoxy groups -OCH3 is 1. The molecular formula is C12H15N3OS. The molecule has 1 saturated carbocycles. The number of H-pyrrole nitrogens is 1. The van der Waals surface area contributed by atoms with Gasteiger partial charge in [-0.05, 0) is 30.6 Å². The van der Waals surface area contributed by atoms with Gasteiger partial charge in [-0.2, -0.15) is 4.98 Å². The summed E-state index contributed by atoms with van der Waals surface area (Å²) in [4.78, 5) is 7.64. The lowest BCUT2D eigenvalue weighted by Gasteiger charge is -2.03. The van der Waals surface area contributed by atoms with Crippen LogP contribution in [-0.2, 0) is 6.54 Å². The van der Waals surface area contributed by atoms with Crippen molar-refractivity contribution in [1.82, 2.24) is 14.5 Å². The van der Waals surface area contributed by atoms with Crippen LogP contribution in [0.5, 0.6) is 5.88 Å². The fourth-order valence-corrected chi connectivity index (χ4v) is 2.34. The monoisotopic (exact) mass is 249 g/mol. The van der Waals surface area contributed by atoms with E-state index in [9.17, 15) is 0 Å². The summed E-state index contributed by atoms with van der Waals surface area (Å²) >= 11 is 5.33. The fourth-order valence-electron chi connectivity index (χ4n) is 2.05. The molecule has 17 heavy (non-hydrogen) atoms. The predicted molar refractivity (Wildman–Crippen MR) is 68.8 cm³/mol. The van der Waals surface area contributed by atoms with Crippen LogP contribution >= 0.6 is 12.2 Å². The second-order valence-electron chi connectivity index (χ2n) is 4.54. The summed E-state index contributed by atoms with van der Waals surface area (Å²) in [6.45, 7) is 0.948. The van der Waals surface area contributed by atoms with E-state index in [4.69, 9.17) is 17.0 Å². The number of fused-ring (bicyclic) bond motifs is 1. The van der Waals surface area contributed by atoms with Gasteiger partial charge in [-0.25, -0.2) is 0 Å². The minimum absolute atomic E-state index is 0.631. The van der Waals surface area contributed by atoms with Crippen LogP contribution < -0.4 is 4.74 Å². The van der Waals surface area contributed by atoms with Crippen LogP contribution in [0.3, 0.4) is 0 Å². The molecule has 0 saturated heterocycles. The number of ether oxygens (including phenoxy) is 1. The predicted octanol–water partition coefficient (Wildman–Crippen LogP) is 2.90. The minimum Gasteiger partial charge on any atom is -0.481 e. The molecular weight excluding hydrogens is 234 g/mol. The molecule has 90 valence electrons. The third-order valence-electron chi connectivity index (χ3n) is 3.26. The number of aromatic amines is 1. The maximum atomic E-state index is 5.33. The number of nitrogens with one attached hydrogen (secondary N) is 1. The molecule has 0 atom stereocenters. The zero-order valence-electron chi connectivity index (χ0n) is 9.77. The maximum absolute atomic E-state index is 5.33. The van der Waals surface area contributed by atoms with Crippen LogP contribution in [-0.4, -0.2) is 21.6 Å². The number of hydrogen-bond acceptors (Lipinski definition) is 3. The molecule has 1 aliphatic rings. The van der Waals surface area contributed by atoms with Crippen LogP contribution in [0.15, 0.2) is 12.1 Å². The molecule has 3 rings (SSSR count). The number of hydrogen-bond donors (Lipinski definition) is 1. The van der Waals surface area contributed by atoms with Gasteiger partial charge >= 0.3 is 0 Å². The Kier molecular flexibility index (Phi) is 2.63. The van der Waals surface area contributed by atoms with Gasteiger partial charge in [-0.1, -0.05) is 12.8 Å². The van der Waals surface area contributed by atoms with Crippen LogP contribution in [0.1, 0.15) is 19.3 Å². The van der Waals surface area contributed by atoms with Gasteiger partial charge in [-0.3, -0.25) is 0 Å². The van der Waals surface area contributed by atoms with E-state index in [2.05, 4.69) is 14.5 Å².